The molecule has 0 bridgehead atoms. The second kappa shape index (κ2) is 14.1. The average Bonchev–Trinajstić information content (AvgIpc) is 3.89. The first-order valence-electron chi connectivity index (χ1n) is 16.4. The van der Waals surface area contributed by atoms with Crippen molar-refractivity contribution in [2.45, 2.75) is 77.7 Å². The van der Waals surface area contributed by atoms with Gasteiger partial charge in [0.1, 0.15) is 11.6 Å². The number of hydrogen-bond acceptors (Lipinski definition) is 6. The molecule has 1 N–H and O–H groups in total. The van der Waals surface area contributed by atoms with Gasteiger partial charge in [-0.3, -0.25) is 14.5 Å². The van der Waals surface area contributed by atoms with Crippen LogP contribution in [0.2, 0.25) is 0 Å². The number of piperidine rings is 1. The molecule has 2 fully saturated rings. The van der Waals surface area contributed by atoms with Gasteiger partial charge in [0, 0.05) is 36.3 Å². The quantitative estimate of drug-likeness (QED) is 0.207. The standard InChI is InChI=1S/C37H46FN3O5/c1-6-37(3,4)41(33-12-7-9-24(2)39-33)36(44)29-16-15-27(45-5)21-31(29)40-19-17-25(18-20-40)23-46-32-11-8-10-28(35(32)38)30(22-34(42)43)26-13-14-26/h7-12,15-16,21,25-26,30H,6,13-14,17-20,22-23H2,1-5H3,(H,42,43). The van der Waals surface area contributed by atoms with Crippen LogP contribution in [0.3, 0.4) is 0 Å². The summed E-state index contributed by atoms with van der Waals surface area (Å²) in [7, 11) is 1.62. The predicted octanol–water partition coefficient (Wildman–Crippen LogP) is 7.64. The number of ether oxygens (including phenoxy) is 2. The molecule has 1 aliphatic carbocycles. The lowest BCUT2D eigenvalue weighted by Gasteiger charge is -2.39. The lowest BCUT2D eigenvalue weighted by atomic mass is 9.90. The summed E-state index contributed by atoms with van der Waals surface area (Å²) in [5.74, 6) is 0.0950. The van der Waals surface area contributed by atoms with Gasteiger partial charge in [0.2, 0.25) is 0 Å². The molecule has 1 unspecified atom stereocenters. The van der Waals surface area contributed by atoms with Gasteiger partial charge in [0.25, 0.3) is 5.91 Å². The number of carbonyl (C=O) groups is 2. The van der Waals surface area contributed by atoms with E-state index in [1.807, 2.05) is 43.3 Å². The molecule has 1 saturated heterocycles. The van der Waals surface area contributed by atoms with Crippen molar-refractivity contribution in [3.05, 3.63) is 77.2 Å². The summed E-state index contributed by atoms with van der Waals surface area (Å²) in [6.07, 6.45) is 4.14. The monoisotopic (exact) mass is 631 g/mol. The van der Waals surface area contributed by atoms with Crippen LogP contribution in [0.25, 0.3) is 0 Å². The van der Waals surface area contributed by atoms with E-state index in [0.29, 0.717) is 42.4 Å². The number of carboxylic acid groups (broad SMARTS) is 1. The number of halogens is 1. The number of methoxy groups -OCH3 is 1. The van der Waals surface area contributed by atoms with Crippen molar-refractivity contribution >= 4 is 23.4 Å². The van der Waals surface area contributed by atoms with Gasteiger partial charge in [-0.1, -0.05) is 25.1 Å². The number of pyridine rings is 1. The minimum atomic E-state index is -0.913. The first kappa shape index (κ1) is 33.2. The molecule has 2 heterocycles. The first-order valence-corrected chi connectivity index (χ1v) is 16.4. The molecule has 5 rings (SSSR count). The van der Waals surface area contributed by atoms with E-state index in [1.165, 1.54) is 0 Å². The van der Waals surface area contributed by atoms with Gasteiger partial charge in [-0.15, -0.1) is 0 Å². The van der Waals surface area contributed by atoms with Crippen molar-refractivity contribution in [1.82, 2.24) is 4.98 Å². The summed E-state index contributed by atoms with van der Waals surface area (Å²) in [6.45, 7) is 9.87. The third kappa shape index (κ3) is 7.45. The molecule has 9 heteroatoms. The summed E-state index contributed by atoms with van der Waals surface area (Å²) >= 11 is 0. The minimum Gasteiger partial charge on any atom is -0.497 e. The Morgan fingerprint density at radius 3 is 2.43 bits per heavy atom. The zero-order valence-corrected chi connectivity index (χ0v) is 27.6. The van der Waals surface area contributed by atoms with Crippen LogP contribution < -0.4 is 19.3 Å². The second-order valence-corrected chi connectivity index (χ2v) is 13.3. The Bertz CT molecular complexity index is 1550. The molecular formula is C37H46FN3O5. The fourth-order valence-electron chi connectivity index (χ4n) is 6.39. The van der Waals surface area contributed by atoms with E-state index in [1.54, 1.807) is 30.2 Å². The predicted molar refractivity (Wildman–Crippen MR) is 178 cm³/mol. The molecular weight excluding hydrogens is 585 g/mol. The van der Waals surface area contributed by atoms with Crippen molar-refractivity contribution < 1.29 is 28.6 Å². The Hall–Kier alpha value is -4.14. The minimum absolute atomic E-state index is 0.0759. The number of hydrogen-bond donors (Lipinski definition) is 1. The van der Waals surface area contributed by atoms with E-state index >= 15 is 4.39 Å². The average molecular weight is 632 g/mol. The second-order valence-electron chi connectivity index (χ2n) is 13.3. The highest BCUT2D eigenvalue weighted by atomic mass is 19.1. The van der Waals surface area contributed by atoms with Crippen LogP contribution >= 0.6 is 0 Å². The normalized spacial score (nSPS) is 16.2. The maximum Gasteiger partial charge on any atom is 0.303 e. The molecule has 0 spiro atoms. The Morgan fingerprint density at radius 2 is 1.80 bits per heavy atom. The molecule has 1 aromatic heterocycles. The Kier molecular flexibility index (Phi) is 10.2. The molecule has 0 radical (unpaired) electrons. The lowest BCUT2D eigenvalue weighted by Crippen LogP contribution is -2.49. The van der Waals surface area contributed by atoms with Crippen LogP contribution in [0.1, 0.15) is 86.8 Å². The fraction of sp³-hybridized carbons (Fsp3) is 0.486. The first-order chi connectivity index (χ1) is 22.0. The molecule has 46 heavy (non-hydrogen) atoms. The zero-order chi connectivity index (χ0) is 33.0. The highest BCUT2D eigenvalue weighted by molar-refractivity contribution is 6.10. The van der Waals surface area contributed by atoms with E-state index in [0.717, 1.165) is 43.5 Å². The molecule has 2 aliphatic rings. The Labute approximate surface area is 271 Å². The van der Waals surface area contributed by atoms with Gasteiger partial charge in [-0.05, 0) is 101 Å². The topological polar surface area (TPSA) is 92.2 Å². The molecule has 1 amide bonds. The van der Waals surface area contributed by atoms with Crippen molar-refractivity contribution in [2.75, 3.05) is 36.6 Å². The van der Waals surface area contributed by atoms with Gasteiger partial charge in [0.05, 0.1) is 31.4 Å². The third-order valence-electron chi connectivity index (χ3n) is 9.62. The highest BCUT2D eigenvalue weighted by Gasteiger charge is 2.37. The maximum atomic E-state index is 15.5. The molecule has 246 valence electrons. The molecule has 2 aromatic carbocycles. The largest absolute Gasteiger partial charge is 0.497 e. The van der Waals surface area contributed by atoms with Crippen LogP contribution in [-0.2, 0) is 4.79 Å². The molecule has 1 saturated carbocycles. The Balaban J connectivity index is 1.31. The Morgan fingerprint density at radius 1 is 1.09 bits per heavy atom. The summed E-state index contributed by atoms with van der Waals surface area (Å²) < 4.78 is 27.1. The van der Waals surface area contributed by atoms with E-state index in [9.17, 15) is 14.7 Å². The van der Waals surface area contributed by atoms with E-state index in [-0.39, 0.29) is 35.8 Å². The highest BCUT2D eigenvalue weighted by Crippen LogP contribution is 2.46. The number of carboxylic acids is 1. The molecule has 8 nitrogen and oxygen atoms in total. The van der Waals surface area contributed by atoms with Gasteiger partial charge in [0.15, 0.2) is 11.6 Å². The van der Waals surface area contributed by atoms with Crippen LogP contribution in [0.15, 0.2) is 54.6 Å². The van der Waals surface area contributed by atoms with Crippen LogP contribution in [0.5, 0.6) is 11.5 Å². The number of aliphatic carboxylic acids is 1. The summed E-state index contributed by atoms with van der Waals surface area (Å²) in [5.41, 5.74) is 2.21. The van der Waals surface area contributed by atoms with Gasteiger partial charge >= 0.3 is 5.97 Å². The van der Waals surface area contributed by atoms with Gasteiger partial charge in [-0.2, -0.15) is 0 Å². The van der Waals surface area contributed by atoms with Crippen molar-refractivity contribution in [3.63, 3.8) is 0 Å². The van der Waals surface area contributed by atoms with E-state index < -0.39 is 17.3 Å². The van der Waals surface area contributed by atoms with Crippen LogP contribution in [-0.4, -0.2) is 54.3 Å². The molecule has 3 aromatic rings. The van der Waals surface area contributed by atoms with Crippen molar-refractivity contribution in [1.29, 1.82) is 0 Å². The van der Waals surface area contributed by atoms with Gasteiger partial charge in [-0.25, -0.2) is 9.37 Å². The van der Waals surface area contributed by atoms with Crippen LogP contribution in [0, 0.1) is 24.6 Å². The van der Waals surface area contributed by atoms with E-state index in [4.69, 9.17) is 14.5 Å². The molecule has 1 atom stereocenters. The number of nitrogens with zero attached hydrogens (tertiary/aromatic N) is 3. The summed E-state index contributed by atoms with van der Waals surface area (Å²) in [4.78, 5) is 34.6. The number of anilines is 2. The summed E-state index contributed by atoms with van der Waals surface area (Å²) in [5, 5.41) is 9.38. The van der Waals surface area contributed by atoms with Crippen LogP contribution in [0.4, 0.5) is 15.9 Å². The van der Waals surface area contributed by atoms with Crippen molar-refractivity contribution in [3.8, 4) is 11.5 Å². The number of amides is 1. The fourth-order valence-corrected chi connectivity index (χ4v) is 6.39. The number of aryl methyl sites for hydroxylation is 1. The lowest BCUT2D eigenvalue weighted by molar-refractivity contribution is -0.137. The smallest absolute Gasteiger partial charge is 0.303 e. The number of rotatable bonds is 13. The number of carbonyl (C=O) groups excluding carboxylic acids is 1. The maximum absolute atomic E-state index is 15.5. The van der Waals surface area contributed by atoms with E-state index in [2.05, 4.69) is 25.7 Å². The zero-order valence-electron chi connectivity index (χ0n) is 27.6. The van der Waals surface area contributed by atoms with Gasteiger partial charge < -0.3 is 19.5 Å². The number of aromatic nitrogens is 1. The third-order valence-corrected chi connectivity index (χ3v) is 9.62. The SMILES string of the molecule is CCC(C)(C)N(C(=O)c1ccc(OC)cc1N1CCC(COc2cccc(C(CC(=O)O)C3CC3)c2F)CC1)c1cccc(C)n1. The van der Waals surface area contributed by atoms with Crippen molar-refractivity contribution in [2.24, 2.45) is 11.8 Å². The molecule has 1 aliphatic heterocycles. The number of benzene rings is 2. The summed E-state index contributed by atoms with van der Waals surface area (Å²) in [6, 6.07) is 16.4.